The molecule has 0 atom stereocenters. The van der Waals surface area contributed by atoms with E-state index in [2.05, 4.69) is 15.4 Å². The van der Waals surface area contributed by atoms with E-state index in [4.69, 9.17) is 0 Å². The van der Waals surface area contributed by atoms with Crippen molar-refractivity contribution in [3.05, 3.63) is 45.9 Å². The first-order chi connectivity index (χ1) is 11.4. The third-order valence-electron chi connectivity index (χ3n) is 4.52. The van der Waals surface area contributed by atoms with Crippen LogP contribution in [0.2, 0.25) is 0 Å². The molecule has 0 unspecified atom stereocenters. The molecule has 3 heterocycles. The maximum Gasteiger partial charge on any atom is 0.416 e. The number of H-pyrrole nitrogens is 1. The van der Waals surface area contributed by atoms with Gasteiger partial charge in [0.15, 0.2) is 0 Å². The molecule has 1 fully saturated rings. The third-order valence-corrected chi connectivity index (χ3v) is 4.52. The van der Waals surface area contributed by atoms with E-state index in [-0.39, 0.29) is 23.9 Å². The Kier molecular flexibility index (Phi) is 4.51. The number of hydrogen-bond donors (Lipinski definition) is 2. The summed E-state index contributed by atoms with van der Waals surface area (Å²) in [5.41, 5.74) is 0.422. The Labute approximate surface area is 146 Å². The minimum atomic E-state index is -4.44. The van der Waals surface area contributed by atoms with Crippen molar-refractivity contribution in [3.63, 3.8) is 0 Å². The zero-order chi connectivity index (χ0) is 16.9. The van der Waals surface area contributed by atoms with Gasteiger partial charge < -0.3 is 10.3 Å². The first kappa shape index (κ1) is 17.8. The third kappa shape index (κ3) is 3.11. The minimum absolute atomic E-state index is 0. The molecule has 0 bridgehead atoms. The Morgan fingerprint density at radius 1 is 1.16 bits per heavy atom. The van der Waals surface area contributed by atoms with Crippen molar-refractivity contribution >= 4 is 29.0 Å². The van der Waals surface area contributed by atoms with Crippen LogP contribution in [0.5, 0.6) is 0 Å². The number of piperidine rings is 1. The summed E-state index contributed by atoms with van der Waals surface area (Å²) in [4.78, 5) is 14.7. The molecule has 0 amide bonds. The predicted octanol–water partition coefficient (Wildman–Crippen LogP) is 3.08. The Bertz CT molecular complexity index is 973. The molecule has 2 aromatic heterocycles. The number of halogens is 4. The van der Waals surface area contributed by atoms with Gasteiger partial charge in [0.05, 0.1) is 16.8 Å². The lowest BCUT2D eigenvalue weighted by Gasteiger charge is -2.23. The maximum atomic E-state index is 13.0. The van der Waals surface area contributed by atoms with Crippen LogP contribution in [0.1, 0.15) is 30.0 Å². The number of benzene rings is 1. The van der Waals surface area contributed by atoms with Gasteiger partial charge in [-0.3, -0.25) is 4.79 Å². The van der Waals surface area contributed by atoms with Gasteiger partial charge in [-0.05, 0) is 44.1 Å². The van der Waals surface area contributed by atoms with Crippen molar-refractivity contribution in [2.75, 3.05) is 13.1 Å². The van der Waals surface area contributed by atoms with Crippen LogP contribution in [-0.2, 0) is 6.18 Å². The average Bonchev–Trinajstić information content (AvgIpc) is 2.92. The van der Waals surface area contributed by atoms with E-state index >= 15 is 0 Å². The minimum Gasteiger partial charge on any atom is -0.317 e. The van der Waals surface area contributed by atoms with Crippen molar-refractivity contribution in [2.24, 2.45) is 0 Å². The second-order valence-electron chi connectivity index (χ2n) is 6.07. The first-order valence-electron chi connectivity index (χ1n) is 7.77. The second kappa shape index (κ2) is 6.34. The van der Waals surface area contributed by atoms with E-state index in [9.17, 15) is 18.0 Å². The molecular formula is C16H16ClF3N4O. The monoisotopic (exact) mass is 372 g/mol. The molecule has 1 aliphatic rings. The van der Waals surface area contributed by atoms with E-state index in [1.807, 2.05) is 0 Å². The molecule has 0 radical (unpaired) electrons. The summed E-state index contributed by atoms with van der Waals surface area (Å²) in [6, 6.07) is 4.89. The van der Waals surface area contributed by atoms with E-state index in [0.29, 0.717) is 16.6 Å². The molecular weight excluding hydrogens is 357 g/mol. The molecule has 3 aromatic rings. The Balaban J connectivity index is 0.00000182. The predicted molar refractivity (Wildman–Crippen MR) is 90.4 cm³/mol. The normalized spacial score (nSPS) is 16.3. The van der Waals surface area contributed by atoms with Crippen LogP contribution in [0.25, 0.3) is 16.6 Å². The van der Waals surface area contributed by atoms with E-state index in [0.717, 1.165) is 43.8 Å². The standard InChI is InChI=1S/C16H15F3N4O.ClH/c17-16(18,19)10-1-2-12-11(7-10)15-21-14(24)8-13(23(15)22-12)9-3-5-20-6-4-9;/h1-2,7-9,20H,3-6H2,(H,21,24);1H. The van der Waals surface area contributed by atoms with Crippen molar-refractivity contribution in [1.29, 1.82) is 0 Å². The zero-order valence-electron chi connectivity index (χ0n) is 13.1. The number of aromatic amines is 1. The second-order valence-corrected chi connectivity index (χ2v) is 6.07. The molecule has 1 aliphatic heterocycles. The molecule has 0 spiro atoms. The highest BCUT2D eigenvalue weighted by Crippen LogP contribution is 2.33. The van der Waals surface area contributed by atoms with Crippen molar-refractivity contribution < 1.29 is 13.2 Å². The summed E-state index contributed by atoms with van der Waals surface area (Å²) in [5.74, 6) is 0.160. The molecule has 0 aliphatic carbocycles. The molecule has 25 heavy (non-hydrogen) atoms. The highest BCUT2D eigenvalue weighted by molar-refractivity contribution is 5.92. The fourth-order valence-electron chi connectivity index (χ4n) is 3.32. The van der Waals surface area contributed by atoms with Gasteiger partial charge in [0.2, 0.25) is 0 Å². The molecule has 2 N–H and O–H groups in total. The Morgan fingerprint density at radius 2 is 1.88 bits per heavy atom. The van der Waals surface area contributed by atoms with Crippen LogP contribution >= 0.6 is 12.4 Å². The lowest BCUT2D eigenvalue weighted by Crippen LogP contribution is -2.28. The average molecular weight is 373 g/mol. The Morgan fingerprint density at radius 3 is 2.56 bits per heavy atom. The number of nitrogens with one attached hydrogen (secondary N) is 2. The summed E-state index contributed by atoms with van der Waals surface area (Å²) in [6.07, 6.45) is -2.71. The van der Waals surface area contributed by atoms with Crippen LogP contribution in [0.4, 0.5) is 13.2 Å². The largest absolute Gasteiger partial charge is 0.416 e. The lowest BCUT2D eigenvalue weighted by molar-refractivity contribution is -0.137. The van der Waals surface area contributed by atoms with E-state index in [1.165, 1.54) is 12.1 Å². The number of fused-ring (bicyclic) bond motifs is 3. The number of rotatable bonds is 1. The van der Waals surface area contributed by atoms with Gasteiger partial charge in [-0.1, -0.05) is 0 Å². The van der Waals surface area contributed by atoms with Crippen molar-refractivity contribution in [1.82, 2.24) is 19.9 Å². The molecule has 9 heteroatoms. The SMILES string of the molecule is Cl.O=c1cc(C2CCNCC2)n2nc3ccc(C(F)(F)F)cc3c2[nH]1. The molecule has 4 rings (SSSR count). The van der Waals surface area contributed by atoms with Gasteiger partial charge in [0.1, 0.15) is 5.65 Å². The highest BCUT2D eigenvalue weighted by Gasteiger charge is 2.31. The van der Waals surface area contributed by atoms with Crippen LogP contribution in [0, 0.1) is 0 Å². The van der Waals surface area contributed by atoms with Crippen molar-refractivity contribution in [3.8, 4) is 0 Å². The number of alkyl halides is 3. The zero-order valence-corrected chi connectivity index (χ0v) is 13.9. The van der Waals surface area contributed by atoms with Gasteiger partial charge >= 0.3 is 6.18 Å². The smallest absolute Gasteiger partial charge is 0.317 e. The fourth-order valence-corrected chi connectivity index (χ4v) is 3.32. The van der Waals surface area contributed by atoms with E-state index < -0.39 is 11.7 Å². The number of hydrogen-bond acceptors (Lipinski definition) is 3. The van der Waals surface area contributed by atoms with Gasteiger partial charge in [-0.25, -0.2) is 4.52 Å². The van der Waals surface area contributed by atoms with Crippen LogP contribution in [0.3, 0.4) is 0 Å². The summed E-state index contributed by atoms with van der Waals surface area (Å²) in [5, 5.41) is 7.97. The number of aromatic nitrogens is 3. The molecule has 5 nitrogen and oxygen atoms in total. The fraction of sp³-hybridized carbons (Fsp3) is 0.375. The van der Waals surface area contributed by atoms with Gasteiger partial charge in [0, 0.05) is 17.4 Å². The van der Waals surface area contributed by atoms with E-state index in [1.54, 1.807) is 4.52 Å². The quantitative estimate of drug-likeness (QED) is 0.690. The molecule has 134 valence electrons. The Hall–Kier alpha value is -2.06. The van der Waals surface area contributed by atoms with Crippen LogP contribution < -0.4 is 10.9 Å². The van der Waals surface area contributed by atoms with Crippen LogP contribution in [0.15, 0.2) is 29.1 Å². The topological polar surface area (TPSA) is 62.2 Å². The summed E-state index contributed by atoms with van der Waals surface area (Å²) in [7, 11) is 0. The maximum absolute atomic E-state index is 13.0. The number of nitrogens with zero attached hydrogens (tertiary/aromatic N) is 2. The summed E-state index contributed by atoms with van der Waals surface area (Å²) < 4.78 is 40.5. The molecule has 1 saturated heterocycles. The summed E-state index contributed by atoms with van der Waals surface area (Å²) >= 11 is 0. The van der Waals surface area contributed by atoms with Crippen LogP contribution in [-0.4, -0.2) is 27.7 Å². The molecule has 0 saturated carbocycles. The molecule has 1 aromatic carbocycles. The van der Waals surface area contributed by atoms with Crippen molar-refractivity contribution in [2.45, 2.75) is 24.9 Å². The van der Waals surface area contributed by atoms with Gasteiger partial charge in [-0.15, -0.1) is 12.4 Å². The summed E-state index contributed by atoms with van der Waals surface area (Å²) in [6.45, 7) is 1.69. The highest BCUT2D eigenvalue weighted by atomic mass is 35.5. The van der Waals surface area contributed by atoms with Gasteiger partial charge in [0.25, 0.3) is 5.56 Å². The first-order valence-corrected chi connectivity index (χ1v) is 7.77. The van der Waals surface area contributed by atoms with Gasteiger partial charge in [-0.2, -0.15) is 18.3 Å². The lowest BCUT2D eigenvalue weighted by atomic mass is 9.94.